The van der Waals surface area contributed by atoms with Crippen molar-refractivity contribution in [2.24, 2.45) is 0 Å². The van der Waals surface area contributed by atoms with Crippen LogP contribution in [0.4, 0.5) is 0 Å². The first-order valence-electron chi connectivity index (χ1n) is 14.6. The predicted octanol–water partition coefficient (Wildman–Crippen LogP) is 3.39. The minimum atomic E-state index is 0.165. The molecule has 2 rings (SSSR count). The molecule has 0 radical (unpaired) electrons. The molecule has 0 spiro atoms. The number of amides is 1. The van der Waals surface area contributed by atoms with Gasteiger partial charge < -0.3 is 19.6 Å². The quantitative estimate of drug-likeness (QED) is 0.269. The molecule has 38 heavy (non-hydrogen) atoms. The molecule has 2 atom stereocenters. The lowest BCUT2D eigenvalue weighted by molar-refractivity contribution is -0.128. The summed E-state index contributed by atoms with van der Waals surface area (Å²) in [6, 6.07) is 1.55. The zero-order valence-electron chi connectivity index (χ0n) is 25.7. The van der Waals surface area contributed by atoms with E-state index in [0.29, 0.717) is 18.1 Å². The SMILES string of the molecule is C=C(/C=C/CN(C)C)N1CCN(C(C)CCN(C)C/C=C(\C=C\C)C(=O)N2CCN(C(C)C)CC2)C(C)C1. The largest absolute Gasteiger partial charge is 0.369 e. The van der Waals surface area contributed by atoms with Crippen molar-refractivity contribution in [2.75, 3.05) is 86.6 Å². The van der Waals surface area contributed by atoms with Crippen LogP contribution < -0.4 is 0 Å². The Labute approximate surface area is 234 Å². The summed E-state index contributed by atoms with van der Waals surface area (Å²) >= 11 is 0. The van der Waals surface area contributed by atoms with Gasteiger partial charge in [0.1, 0.15) is 0 Å². The monoisotopic (exact) mass is 528 g/mol. The zero-order chi connectivity index (χ0) is 28.2. The molecule has 2 aliphatic rings. The van der Waals surface area contributed by atoms with Gasteiger partial charge in [0.2, 0.25) is 0 Å². The first kappa shape index (κ1) is 32.3. The van der Waals surface area contributed by atoms with E-state index in [1.54, 1.807) is 0 Å². The molecule has 7 nitrogen and oxygen atoms in total. The number of piperazine rings is 2. The van der Waals surface area contributed by atoms with Gasteiger partial charge in [0, 0.05) is 88.3 Å². The van der Waals surface area contributed by atoms with E-state index in [1.807, 2.05) is 24.0 Å². The average molecular weight is 529 g/mol. The third-order valence-electron chi connectivity index (χ3n) is 7.91. The van der Waals surface area contributed by atoms with Gasteiger partial charge in [-0.15, -0.1) is 0 Å². The van der Waals surface area contributed by atoms with Gasteiger partial charge in [-0.3, -0.25) is 14.6 Å². The number of nitrogens with zero attached hydrogens (tertiary/aromatic N) is 6. The topological polar surface area (TPSA) is 36.5 Å². The Morgan fingerprint density at radius 2 is 1.63 bits per heavy atom. The lowest BCUT2D eigenvalue weighted by Crippen LogP contribution is -2.54. The molecule has 0 aliphatic carbocycles. The molecular weight excluding hydrogens is 472 g/mol. The normalized spacial score (nSPS) is 21.6. The number of rotatable bonds is 13. The van der Waals surface area contributed by atoms with Crippen LogP contribution in [0.25, 0.3) is 0 Å². The van der Waals surface area contributed by atoms with Crippen LogP contribution in [0.1, 0.15) is 41.0 Å². The molecular formula is C31H56N6O. The molecule has 1 amide bonds. The Balaban J connectivity index is 1.81. The van der Waals surface area contributed by atoms with E-state index in [1.165, 1.54) is 0 Å². The zero-order valence-corrected chi connectivity index (χ0v) is 25.7. The molecule has 0 aromatic carbocycles. The third-order valence-corrected chi connectivity index (χ3v) is 7.91. The summed E-state index contributed by atoms with van der Waals surface area (Å²) in [5.74, 6) is 0.165. The third kappa shape index (κ3) is 10.3. The maximum absolute atomic E-state index is 13.2. The van der Waals surface area contributed by atoms with E-state index >= 15 is 0 Å². The van der Waals surface area contributed by atoms with Crippen molar-refractivity contribution >= 4 is 5.91 Å². The summed E-state index contributed by atoms with van der Waals surface area (Å²) in [7, 11) is 6.33. The summed E-state index contributed by atoms with van der Waals surface area (Å²) in [5.41, 5.74) is 1.93. The fraction of sp³-hybridized carbons (Fsp3) is 0.710. The molecule has 0 aromatic rings. The van der Waals surface area contributed by atoms with Gasteiger partial charge >= 0.3 is 0 Å². The summed E-state index contributed by atoms with van der Waals surface area (Å²) in [5, 5.41) is 0. The Hall–Kier alpha value is -1.93. The van der Waals surface area contributed by atoms with Crippen molar-refractivity contribution in [3.63, 3.8) is 0 Å². The highest BCUT2D eigenvalue weighted by atomic mass is 16.2. The highest BCUT2D eigenvalue weighted by molar-refractivity contribution is 5.96. The predicted molar refractivity (Wildman–Crippen MR) is 162 cm³/mol. The number of carbonyl (C=O) groups is 1. The van der Waals surface area contributed by atoms with E-state index in [2.05, 4.69) is 98.1 Å². The van der Waals surface area contributed by atoms with E-state index in [0.717, 1.165) is 83.1 Å². The van der Waals surface area contributed by atoms with Crippen LogP contribution in [0.5, 0.6) is 0 Å². The molecule has 0 bridgehead atoms. The minimum absolute atomic E-state index is 0.165. The Morgan fingerprint density at radius 1 is 0.974 bits per heavy atom. The molecule has 7 heteroatoms. The molecule has 2 aliphatic heterocycles. The van der Waals surface area contributed by atoms with Crippen molar-refractivity contribution in [3.05, 3.63) is 48.2 Å². The number of hydrogen-bond acceptors (Lipinski definition) is 6. The smallest absolute Gasteiger partial charge is 0.253 e. The average Bonchev–Trinajstić information content (AvgIpc) is 2.88. The maximum Gasteiger partial charge on any atom is 0.253 e. The Kier molecular flexibility index (Phi) is 13.8. The van der Waals surface area contributed by atoms with Crippen LogP contribution in [-0.4, -0.2) is 140 Å². The summed E-state index contributed by atoms with van der Waals surface area (Å²) in [6.45, 7) is 24.8. The van der Waals surface area contributed by atoms with E-state index < -0.39 is 0 Å². The van der Waals surface area contributed by atoms with E-state index in [4.69, 9.17) is 0 Å². The minimum Gasteiger partial charge on any atom is -0.369 e. The van der Waals surface area contributed by atoms with Crippen LogP contribution in [0, 0.1) is 0 Å². The molecule has 2 fully saturated rings. The van der Waals surface area contributed by atoms with Gasteiger partial charge in [-0.05, 0) is 74.8 Å². The molecule has 0 N–H and O–H groups in total. The first-order valence-corrected chi connectivity index (χ1v) is 14.6. The van der Waals surface area contributed by atoms with Crippen molar-refractivity contribution in [3.8, 4) is 0 Å². The molecule has 2 unspecified atom stereocenters. The highest BCUT2D eigenvalue weighted by Crippen LogP contribution is 2.19. The van der Waals surface area contributed by atoms with Crippen LogP contribution in [0.3, 0.4) is 0 Å². The summed E-state index contributed by atoms with van der Waals surface area (Å²) in [4.78, 5) is 27.2. The lowest BCUT2D eigenvalue weighted by atomic mass is 10.1. The highest BCUT2D eigenvalue weighted by Gasteiger charge is 2.27. The molecule has 216 valence electrons. The van der Waals surface area contributed by atoms with Crippen LogP contribution in [0.2, 0.25) is 0 Å². The second-order valence-electron chi connectivity index (χ2n) is 11.7. The number of likely N-dealkylation sites (N-methyl/N-ethyl adjacent to an activating group) is 2. The van der Waals surface area contributed by atoms with Gasteiger partial charge in [0.25, 0.3) is 5.91 Å². The molecule has 2 saturated heterocycles. The van der Waals surface area contributed by atoms with E-state index in [-0.39, 0.29) is 5.91 Å². The second-order valence-corrected chi connectivity index (χ2v) is 11.7. The molecule has 0 aromatic heterocycles. The van der Waals surface area contributed by atoms with Gasteiger partial charge in [0.05, 0.1) is 0 Å². The fourth-order valence-corrected chi connectivity index (χ4v) is 5.34. The maximum atomic E-state index is 13.2. The van der Waals surface area contributed by atoms with Crippen LogP contribution in [-0.2, 0) is 4.79 Å². The number of carbonyl (C=O) groups excluding carboxylic acids is 1. The second kappa shape index (κ2) is 16.2. The Morgan fingerprint density at radius 3 is 2.21 bits per heavy atom. The van der Waals surface area contributed by atoms with Gasteiger partial charge in [-0.25, -0.2) is 0 Å². The van der Waals surface area contributed by atoms with Crippen molar-refractivity contribution in [1.82, 2.24) is 29.4 Å². The summed E-state index contributed by atoms with van der Waals surface area (Å²) in [6.07, 6.45) is 11.5. The standard InChI is InChI=1S/C31H56N6O/c1-10-12-30(31(38)35-21-19-34(20-22-35)26(2)3)15-18-33(9)17-14-28(5)37-24-23-36(25-29(37)6)27(4)13-11-16-32(7)8/h10-13,15,26,28-29H,4,14,16-25H2,1-3,5-9H3/b12-10+,13-11+,30-15+. The summed E-state index contributed by atoms with van der Waals surface area (Å²) < 4.78 is 0. The molecule has 2 heterocycles. The fourth-order valence-electron chi connectivity index (χ4n) is 5.34. The van der Waals surface area contributed by atoms with E-state index in [9.17, 15) is 4.79 Å². The van der Waals surface area contributed by atoms with Crippen LogP contribution >= 0.6 is 0 Å². The van der Waals surface area contributed by atoms with Crippen molar-refractivity contribution in [1.29, 1.82) is 0 Å². The lowest BCUT2D eigenvalue weighted by Gasteiger charge is -2.44. The van der Waals surface area contributed by atoms with Gasteiger partial charge in [0.15, 0.2) is 0 Å². The van der Waals surface area contributed by atoms with Crippen molar-refractivity contribution < 1.29 is 4.79 Å². The van der Waals surface area contributed by atoms with Crippen molar-refractivity contribution in [2.45, 2.75) is 59.2 Å². The Bertz CT molecular complexity index is 824. The number of hydrogen-bond donors (Lipinski definition) is 0. The number of allylic oxidation sites excluding steroid dienone is 2. The molecule has 0 saturated carbocycles. The van der Waals surface area contributed by atoms with Crippen LogP contribution in [0.15, 0.2) is 48.2 Å². The first-order chi connectivity index (χ1) is 18.0. The van der Waals surface area contributed by atoms with Gasteiger partial charge in [-0.2, -0.15) is 0 Å². The van der Waals surface area contributed by atoms with Gasteiger partial charge in [-0.1, -0.05) is 30.9 Å².